The Morgan fingerprint density at radius 2 is 2.31 bits per heavy atom. The molecule has 88 valence electrons. The van der Waals surface area contributed by atoms with Gasteiger partial charge in [0, 0.05) is 12.6 Å². The number of hydrogen-bond donors (Lipinski definition) is 2. The molecule has 0 saturated heterocycles. The molecule has 0 radical (unpaired) electrons. The second kappa shape index (κ2) is 5.82. The molecule has 0 fully saturated rings. The summed E-state index contributed by atoms with van der Waals surface area (Å²) in [6.45, 7) is 2.31. The summed E-state index contributed by atoms with van der Waals surface area (Å²) in [5.41, 5.74) is 5.91. The number of rotatable bonds is 4. The summed E-state index contributed by atoms with van der Waals surface area (Å²) in [5, 5.41) is 2.74. The van der Waals surface area contributed by atoms with Crippen LogP contribution in [0.2, 0.25) is 5.02 Å². The van der Waals surface area contributed by atoms with E-state index in [4.69, 9.17) is 17.3 Å². The highest BCUT2D eigenvalue weighted by molar-refractivity contribution is 6.33. The first kappa shape index (κ1) is 12.9. The van der Waals surface area contributed by atoms with Crippen molar-refractivity contribution < 1.29 is 9.18 Å². The van der Waals surface area contributed by atoms with Crippen molar-refractivity contribution in [3.05, 3.63) is 34.6 Å². The third kappa shape index (κ3) is 3.47. The molecule has 3 nitrogen and oxygen atoms in total. The minimum atomic E-state index is -0.466. The Morgan fingerprint density at radius 3 is 2.88 bits per heavy atom. The van der Waals surface area contributed by atoms with Crippen LogP contribution in [0.3, 0.4) is 0 Å². The van der Waals surface area contributed by atoms with Gasteiger partial charge >= 0.3 is 0 Å². The molecule has 0 bridgehead atoms. The van der Waals surface area contributed by atoms with Crippen LogP contribution in [0.25, 0.3) is 0 Å². The third-order valence-electron chi connectivity index (χ3n) is 2.22. The zero-order valence-corrected chi connectivity index (χ0v) is 9.72. The van der Waals surface area contributed by atoms with Crippen molar-refractivity contribution in [2.24, 2.45) is 5.73 Å². The van der Waals surface area contributed by atoms with Gasteiger partial charge < -0.3 is 11.1 Å². The lowest BCUT2D eigenvalue weighted by Gasteiger charge is -2.10. The monoisotopic (exact) mass is 244 g/mol. The number of carbonyl (C=O) groups is 1. The third-order valence-corrected chi connectivity index (χ3v) is 2.54. The van der Waals surface area contributed by atoms with Crippen LogP contribution >= 0.6 is 11.6 Å². The Labute approximate surface area is 98.8 Å². The largest absolute Gasteiger partial charge is 0.350 e. The van der Waals surface area contributed by atoms with Crippen molar-refractivity contribution >= 4 is 17.5 Å². The van der Waals surface area contributed by atoms with E-state index in [0.717, 1.165) is 12.5 Å². The Morgan fingerprint density at radius 1 is 1.62 bits per heavy atom. The number of amides is 1. The van der Waals surface area contributed by atoms with E-state index in [1.54, 1.807) is 0 Å². The highest BCUT2D eigenvalue weighted by Gasteiger charge is 2.11. The molecular formula is C11H14ClFN2O. The van der Waals surface area contributed by atoms with Gasteiger partial charge in [0.1, 0.15) is 5.82 Å². The number of halogens is 2. The number of nitrogens with two attached hydrogens (primary N) is 1. The number of hydrogen-bond acceptors (Lipinski definition) is 2. The van der Waals surface area contributed by atoms with Gasteiger partial charge in [-0.25, -0.2) is 4.39 Å². The van der Waals surface area contributed by atoms with Crippen molar-refractivity contribution in [3.8, 4) is 0 Å². The summed E-state index contributed by atoms with van der Waals surface area (Å²) in [7, 11) is 0. The zero-order valence-electron chi connectivity index (χ0n) is 8.97. The molecule has 1 unspecified atom stereocenters. The van der Waals surface area contributed by atoms with Crippen LogP contribution in [0.4, 0.5) is 4.39 Å². The first-order chi connectivity index (χ1) is 7.54. The van der Waals surface area contributed by atoms with Gasteiger partial charge in [0.15, 0.2) is 0 Å². The first-order valence-electron chi connectivity index (χ1n) is 5.03. The summed E-state index contributed by atoms with van der Waals surface area (Å²) in [6, 6.07) is 3.57. The minimum absolute atomic E-state index is 0.0804. The fraction of sp³-hybridized carbons (Fsp3) is 0.364. The van der Waals surface area contributed by atoms with Crippen molar-refractivity contribution in [3.63, 3.8) is 0 Å². The van der Waals surface area contributed by atoms with E-state index in [0.29, 0.717) is 6.54 Å². The van der Waals surface area contributed by atoms with Gasteiger partial charge in [-0.05, 0) is 24.6 Å². The van der Waals surface area contributed by atoms with E-state index >= 15 is 0 Å². The molecule has 1 aromatic rings. The molecule has 5 heteroatoms. The molecule has 0 spiro atoms. The van der Waals surface area contributed by atoms with Gasteiger partial charge in [-0.15, -0.1) is 0 Å². The van der Waals surface area contributed by atoms with Crippen LogP contribution in [0.15, 0.2) is 18.2 Å². The SMILES string of the molecule is CCC(N)CNC(=O)c1ccc(F)cc1Cl. The molecule has 1 amide bonds. The maximum Gasteiger partial charge on any atom is 0.252 e. The zero-order chi connectivity index (χ0) is 12.1. The molecule has 3 N–H and O–H groups in total. The first-order valence-corrected chi connectivity index (χ1v) is 5.41. The maximum absolute atomic E-state index is 12.7. The highest BCUT2D eigenvalue weighted by atomic mass is 35.5. The Bertz CT molecular complexity index is 384. The predicted molar refractivity (Wildman–Crippen MR) is 62.0 cm³/mol. The van der Waals surface area contributed by atoms with E-state index in [2.05, 4.69) is 5.32 Å². The summed E-state index contributed by atoms with van der Waals surface area (Å²) in [5.74, 6) is -0.805. The number of carbonyl (C=O) groups excluding carboxylic acids is 1. The maximum atomic E-state index is 12.7. The lowest BCUT2D eigenvalue weighted by Crippen LogP contribution is -2.36. The summed E-state index contributed by atoms with van der Waals surface area (Å²) < 4.78 is 12.7. The second-order valence-corrected chi connectivity index (χ2v) is 3.91. The topological polar surface area (TPSA) is 55.1 Å². The van der Waals surface area contributed by atoms with E-state index < -0.39 is 5.82 Å². The van der Waals surface area contributed by atoms with Gasteiger partial charge in [0.2, 0.25) is 0 Å². The average molecular weight is 245 g/mol. The molecule has 0 aliphatic heterocycles. The van der Waals surface area contributed by atoms with Crippen LogP contribution in [0.5, 0.6) is 0 Å². The molecule has 0 heterocycles. The quantitative estimate of drug-likeness (QED) is 0.851. The fourth-order valence-electron chi connectivity index (χ4n) is 1.14. The van der Waals surface area contributed by atoms with Gasteiger partial charge in [0.05, 0.1) is 10.6 Å². The van der Waals surface area contributed by atoms with E-state index in [1.807, 2.05) is 6.92 Å². The fourth-order valence-corrected chi connectivity index (χ4v) is 1.39. The molecule has 0 aliphatic rings. The van der Waals surface area contributed by atoms with E-state index in [-0.39, 0.29) is 22.5 Å². The highest BCUT2D eigenvalue weighted by Crippen LogP contribution is 2.16. The van der Waals surface area contributed by atoms with Crippen molar-refractivity contribution in [2.45, 2.75) is 19.4 Å². The predicted octanol–water partition coefficient (Wildman–Crippen LogP) is 1.95. The summed E-state index contributed by atoms with van der Waals surface area (Å²) in [4.78, 5) is 11.6. The van der Waals surface area contributed by atoms with Gasteiger partial charge in [-0.2, -0.15) is 0 Å². The van der Waals surface area contributed by atoms with Gasteiger partial charge in [0.25, 0.3) is 5.91 Å². The van der Waals surface area contributed by atoms with Crippen LogP contribution in [-0.4, -0.2) is 18.5 Å². The van der Waals surface area contributed by atoms with Crippen LogP contribution in [0.1, 0.15) is 23.7 Å². The Kier molecular flexibility index (Phi) is 4.71. The smallest absolute Gasteiger partial charge is 0.252 e. The second-order valence-electron chi connectivity index (χ2n) is 3.50. The molecule has 0 saturated carbocycles. The molecular weight excluding hydrogens is 231 g/mol. The molecule has 1 atom stereocenters. The van der Waals surface area contributed by atoms with E-state index in [1.165, 1.54) is 12.1 Å². The van der Waals surface area contributed by atoms with Crippen LogP contribution in [0, 0.1) is 5.82 Å². The lowest BCUT2D eigenvalue weighted by molar-refractivity contribution is 0.0951. The molecule has 0 aliphatic carbocycles. The molecule has 0 aromatic heterocycles. The Balaban J connectivity index is 2.66. The van der Waals surface area contributed by atoms with Crippen molar-refractivity contribution in [2.75, 3.05) is 6.54 Å². The molecule has 1 aromatic carbocycles. The number of benzene rings is 1. The number of nitrogens with one attached hydrogen (secondary N) is 1. The van der Waals surface area contributed by atoms with Crippen LogP contribution < -0.4 is 11.1 Å². The summed E-state index contributed by atoms with van der Waals surface area (Å²) >= 11 is 5.74. The molecule has 16 heavy (non-hydrogen) atoms. The van der Waals surface area contributed by atoms with Gasteiger partial charge in [-0.3, -0.25) is 4.79 Å². The van der Waals surface area contributed by atoms with E-state index in [9.17, 15) is 9.18 Å². The average Bonchev–Trinajstić information content (AvgIpc) is 2.25. The van der Waals surface area contributed by atoms with Crippen molar-refractivity contribution in [1.29, 1.82) is 0 Å². The van der Waals surface area contributed by atoms with Crippen molar-refractivity contribution in [1.82, 2.24) is 5.32 Å². The normalized spacial score (nSPS) is 12.2. The lowest BCUT2D eigenvalue weighted by atomic mass is 10.2. The summed E-state index contributed by atoms with van der Waals surface area (Å²) in [6.07, 6.45) is 0.775. The minimum Gasteiger partial charge on any atom is -0.350 e. The Hall–Kier alpha value is -1.13. The van der Waals surface area contributed by atoms with Crippen LogP contribution in [-0.2, 0) is 0 Å². The molecule has 1 rings (SSSR count). The van der Waals surface area contributed by atoms with Gasteiger partial charge in [-0.1, -0.05) is 18.5 Å². The standard InChI is InChI=1S/C11H14ClFN2O/c1-2-8(14)6-15-11(16)9-4-3-7(13)5-10(9)12/h3-5,8H,2,6,14H2,1H3,(H,15,16).